The Morgan fingerprint density at radius 2 is 2.20 bits per heavy atom. The largest absolute Gasteiger partial charge is 0.389 e. The quantitative estimate of drug-likeness (QED) is 0.784. The molecule has 1 atom stereocenters. The first-order valence-corrected chi connectivity index (χ1v) is 8.67. The van der Waals surface area contributed by atoms with Crippen molar-refractivity contribution in [2.45, 2.75) is 24.7 Å². The lowest BCUT2D eigenvalue weighted by Gasteiger charge is -2.13. The highest BCUT2D eigenvalue weighted by molar-refractivity contribution is 7.89. The molecule has 1 aromatic carbocycles. The van der Waals surface area contributed by atoms with Gasteiger partial charge in [0.1, 0.15) is 9.88 Å². The van der Waals surface area contributed by atoms with E-state index >= 15 is 0 Å². The van der Waals surface area contributed by atoms with E-state index in [0.29, 0.717) is 23.9 Å². The van der Waals surface area contributed by atoms with Gasteiger partial charge in [-0.3, -0.25) is 0 Å². The zero-order chi connectivity index (χ0) is 14.9. The number of hydrogen-bond acceptors (Lipinski definition) is 3. The van der Waals surface area contributed by atoms with Crippen LogP contribution in [-0.4, -0.2) is 20.0 Å². The van der Waals surface area contributed by atoms with Crippen molar-refractivity contribution in [1.82, 2.24) is 4.72 Å². The number of rotatable bonds is 6. The van der Waals surface area contributed by atoms with E-state index in [1.807, 2.05) is 0 Å². The molecule has 1 aromatic rings. The smallest absolute Gasteiger partial charge is 0.242 e. The second kappa shape index (κ2) is 5.97. The summed E-state index contributed by atoms with van der Waals surface area (Å²) in [7, 11) is -3.60. The number of halogens is 1. The first-order chi connectivity index (χ1) is 9.31. The number of nitrogens with one attached hydrogen (secondary N) is 1. The molecule has 4 nitrogen and oxygen atoms in total. The van der Waals surface area contributed by atoms with Crippen LogP contribution in [0.4, 0.5) is 0 Å². The Morgan fingerprint density at radius 1 is 1.55 bits per heavy atom. The Bertz CT molecular complexity index is 627. The maximum absolute atomic E-state index is 12.2. The van der Waals surface area contributed by atoms with Gasteiger partial charge in [-0.2, -0.15) is 0 Å². The van der Waals surface area contributed by atoms with Gasteiger partial charge in [-0.05, 0) is 36.8 Å². The molecule has 0 amide bonds. The summed E-state index contributed by atoms with van der Waals surface area (Å²) in [4.78, 5) is 0.244. The average Bonchev–Trinajstić information content (AvgIpc) is 3.19. The van der Waals surface area contributed by atoms with Gasteiger partial charge in [0.2, 0.25) is 10.0 Å². The van der Waals surface area contributed by atoms with Crippen molar-refractivity contribution in [3.8, 4) is 0 Å². The van der Waals surface area contributed by atoms with Crippen molar-refractivity contribution >= 4 is 38.8 Å². The van der Waals surface area contributed by atoms with E-state index in [0.717, 1.165) is 0 Å². The van der Waals surface area contributed by atoms with E-state index in [-0.39, 0.29) is 14.9 Å². The Hall–Kier alpha value is -0.690. The van der Waals surface area contributed by atoms with E-state index in [4.69, 9.17) is 29.6 Å². The van der Waals surface area contributed by atoms with Crippen LogP contribution in [0.15, 0.2) is 23.1 Å². The molecule has 1 fully saturated rings. The molecule has 110 valence electrons. The van der Waals surface area contributed by atoms with E-state index in [9.17, 15) is 8.42 Å². The van der Waals surface area contributed by atoms with Crippen LogP contribution >= 0.6 is 23.8 Å². The predicted molar refractivity (Wildman–Crippen MR) is 84.4 cm³/mol. The second-order valence-corrected chi connectivity index (χ2v) is 7.76. The zero-order valence-corrected chi connectivity index (χ0v) is 13.5. The van der Waals surface area contributed by atoms with Gasteiger partial charge in [0.15, 0.2) is 0 Å². The molecule has 3 N–H and O–H groups in total. The van der Waals surface area contributed by atoms with Gasteiger partial charge in [-0.1, -0.05) is 36.8 Å². The summed E-state index contributed by atoms with van der Waals surface area (Å²) in [5, 5.41) is 0.127. The normalized spacial score (nSPS) is 16.9. The van der Waals surface area contributed by atoms with Gasteiger partial charge in [-0.25, -0.2) is 13.1 Å². The van der Waals surface area contributed by atoms with Crippen LogP contribution in [0.1, 0.15) is 25.3 Å². The summed E-state index contributed by atoms with van der Waals surface area (Å²) in [6.45, 7) is 2.48. The van der Waals surface area contributed by atoms with Crippen LogP contribution in [-0.2, 0) is 10.0 Å². The molecule has 2 rings (SSSR count). The highest BCUT2D eigenvalue weighted by Gasteiger charge is 2.29. The van der Waals surface area contributed by atoms with Crippen LogP contribution in [0.5, 0.6) is 0 Å². The number of benzene rings is 1. The lowest BCUT2D eigenvalue weighted by Crippen LogP contribution is -2.29. The second-order valence-electron chi connectivity index (χ2n) is 5.18. The fraction of sp³-hybridized carbons (Fsp3) is 0.462. The Labute approximate surface area is 129 Å². The predicted octanol–water partition coefficient (Wildman–Crippen LogP) is 2.30. The van der Waals surface area contributed by atoms with Crippen molar-refractivity contribution in [3.63, 3.8) is 0 Å². The molecule has 0 heterocycles. The lowest BCUT2D eigenvalue weighted by atomic mass is 10.1. The average molecular weight is 333 g/mol. The zero-order valence-electron chi connectivity index (χ0n) is 11.1. The molecule has 0 spiro atoms. The SMILES string of the molecule is CC(CNS(=O)(=O)c1ccc(C(N)=S)cc1Cl)C1CC1. The monoisotopic (exact) mass is 332 g/mol. The highest BCUT2D eigenvalue weighted by Crippen LogP contribution is 2.36. The van der Waals surface area contributed by atoms with Crippen molar-refractivity contribution in [2.75, 3.05) is 6.54 Å². The first-order valence-electron chi connectivity index (χ1n) is 6.40. The topological polar surface area (TPSA) is 72.2 Å². The summed E-state index contributed by atoms with van der Waals surface area (Å²) in [5.74, 6) is 0.990. The molecule has 1 aliphatic rings. The third kappa shape index (κ3) is 3.69. The summed E-state index contributed by atoms with van der Waals surface area (Å²) in [6, 6.07) is 4.47. The number of hydrogen-bond donors (Lipinski definition) is 2. The fourth-order valence-corrected chi connectivity index (χ4v) is 3.84. The lowest BCUT2D eigenvalue weighted by molar-refractivity contribution is 0.492. The number of sulfonamides is 1. The molecule has 0 bridgehead atoms. The molecule has 0 aromatic heterocycles. The Kier molecular flexibility index (Phi) is 4.69. The van der Waals surface area contributed by atoms with Crippen LogP contribution in [0, 0.1) is 11.8 Å². The van der Waals surface area contributed by atoms with Crippen LogP contribution in [0.25, 0.3) is 0 Å². The molecule has 0 radical (unpaired) electrons. The fourth-order valence-electron chi connectivity index (χ4n) is 2.02. The van der Waals surface area contributed by atoms with Crippen molar-refractivity contribution in [3.05, 3.63) is 28.8 Å². The third-order valence-corrected chi connectivity index (χ3v) is 5.67. The highest BCUT2D eigenvalue weighted by atomic mass is 35.5. The number of nitrogens with two attached hydrogens (primary N) is 1. The van der Waals surface area contributed by atoms with Gasteiger partial charge in [0.25, 0.3) is 0 Å². The van der Waals surface area contributed by atoms with Crippen molar-refractivity contribution in [1.29, 1.82) is 0 Å². The van der Waals surface area contributed by atoms with Gasteiger partial charge >= 0.3 is 0 Å². The van der Waals surface area contributed by atoms with Crippen molar-refractivity contribution in [2.24, 2.45) is 17.6 Å². The maximum atomic E-state index is 12.2. The standard InChI is InChI=1S/C13H17ClN2O2S2/c1-8(9-2-3-9)7-16-20(17,18)12-5-4-10(13(15)19)6-11(12)14/h4-6,8-9,16H,2-3,7H2,1H3,(H2,15,19). The number of thiocarbonyl (C=S) groups is 1. The molecule has 0 aliphatic heterocycles. The van der Waals surface area contributed by atoms with E-state index in [1.54, 1.807) is 6.07 Å². The Morgan fingerprint density at radius 3 is 2.70 bits per heavy atom. The van der Waals surface area contributed by atoms with E-state index in [2.05, 4.69) is 11.6 Å². The molecule has 1 unspecified atom stereocenters. The maximum Gasteiger partial charge on any atom is 0.242 e. The molecule has 20 heavy (non-hydrogen) atoms. The van der Waals surface area contributed by atoms with E-state index in [1.165, 1.54) is 25.0 Å². The molecule has 0 saturated heterocycles. The van der Waals surface area contributed by atoms with Gasteiger partial charge in [-0.15, -0.1) is 0 Å². The molecule has 1 aliphatic carbocycles. The van der Waals surface area contributed by atoms with E-state index < -0.39 is 10.0 Å². The van der Waals surface area contributed by atoms with Crippen molar-refractivity contribution < 1.29 is 8.42 Å². The third-order valence-electron chi connectivity index (χ3n) is 3.53. The summed E-state index contributed by atoms with van der Waals surface area (Å²) in [6.07, 6.45) is 2.37. The first kappa shape index (κ1) is 15.7. The molecule has 7 heteroatoms. The van der Waals surface area contributed by atoms with Crippen LogP contribution < -0.4 is 10.5 Å². The van der Waals surface area contributed by atoms with Gasteiger partial charge in [0, 0.05) is 12.1 Å². The summed E-state index contributed by atoms with van der Waals surface area (Å²) < 4.78 is 27.1. The summed E-state index contributed by atoms with van der Waals surface area (Å²) in [5.41, 5.74) is 6.04. The van der Waals surface area contributed by atoms with Gasteiger partial charge in [0.05, 0.1) is 5.02 Å². The van der Waals surface area contributed by atoms with Crippen LogP contribution in [0.2, 0.25) is 5.02 Å². The minimum atomic E-state index is -3.60. The molecule has 1 saturated carbocycles. The summed E-state index contributed by atoms with van der Waals surface area (Å²) >= 11 is 10.8. The Balaban J connectivity index is 2.14. The van der Waals surface area contributed by atoms with Gasteiger partial charge < -0.3 is 5.73 Å². The minimum absolute atomic E-state index is 0.0576. The minimum Gasteiger partial charge on any atom is -0.389 e. The molecular formula is C13H17ClN2O2S2. The van der Waals surface area contributed by atoms with Crippen LogP contribution in [0.3, 0.4) is 0 Å². The molecular weight excluding hydrogens is 316 g/mol.